The highest BCUT2D eigenvalue weighted by molar-refractivity contribution is 7.89. The van der Waals surface area contributed by atoms with E-state index in [-0.39, 0.29) is 27.2 Å². The molecule has 9 heteroatoms. The second kappa shape index (κ2) is 11.2. The normalized spacial score (nSPS) is 18.7. The van der Waals surface area contributed by atoms with Gasteiger partial charge in [0.15, 0.2) is 0 Å². The topological polar surface area (TPSA) is 89.8 Å². The summed E-state index contributed by atoms with van der Waals surface area (Å²) in [4.78, 5) is 10.6. The Bertz CT molecular complexity index is 1280. The van der Waals surface area contributed by atoms with Crippen LogP contribution in [0.4, 0.5) is 5.69 Å². The van der Waals surface area contributed by atoms with E-state index in [1.165, 1.54) is 28.6 Å². The molecule has 0 saturated carbocycles. The van der Waals surface area contributed by atoms with Gasteiger partial charge in [0.2, 0.25) is 10.0 Å². The van der Waals surface area contributed by atoms with Crippen LogP contribution in [0, 0.1) is 10.1 Å². The van der Waals surface area contributed by atoms with E-state index in [1.807, 2.05) is 36.4 Å². The van der Waals surface area contributed by atoms with E-state index in [0.717, 1.165) is 5.56 Å². The van der Waals surface area contributed by atoms with Crippen molar-refractivity contribution >= 4 is 24.0 Å². The van der Waals surface area contributed by atoms with Crippen LogP contribution in [-0.4, -0.2) is 32.0 Å². The van der Waals surface area contributed by atoms with E-state index in [9.17, 15) is 18.5 Å². The van der Waals surface area contributed by atoms with E-state index >= 15 is 0 Å². The third kappa shape index (κ3) is 5.36. The number of nitro benzene ring substituents is 1. The highest BCUT2D eigenvalue weighted by Crippen LogP contribution is 2.48. The summed E-state index contributed by atoms with van der Waals surface area (Å²) in [5.41, 5.74) is 4.27. The molecular weight excluding hydrogens is 504 g/mol. The van der Waals surface area contributed by atoms with Gasteiger partial charge in [0.05, 0.1) is 15.9 Å². The molecule has 2 aromatic rings. The van der Waals surface area contributed by atoms with E-state index < -0.39 is 35.3 Å². The SMILES string of the molecule is C=C=C[C@@H]1C(O[Si](C(C)C)(C(C)C)C(C)C)=C[C@H](c2ccccc2)N1S(=O)(=O)c1ccc([N+](=O)[O-])cc1. The van der Waals surface area contributed by atoms with Crippen molar-refractivity contribution in [1.29, 1.82) is 0 Å². The predicted octanol–water partition coefficient (Wildman–Crippen LogP) is 7.13. The molecule has 0 amide bonds. The van der Waals surface area contributed by atoms with Crippen LogP contribution in [0.1, 0.15) is 53.1 Å². The zero-order valence-corrected chi connectivity index (χ0v) is 24.1. The average Bonchev–Trinajstić information content (AvgIpc) is 3.21. The fourth-order valence-corrected chi connectivity index (χ4v) is 12.6. The molecule has 0 unspecified atom stereocenters. The van der Waals surface area contributed by atoms with Gasteiger partial charge < -0.3 is 4.43 Å². The molecule has 198 valence electrons. The number of rotatable bonds is 10. The van der Waals surface area contributed by atoms with Gasteiger partial charge in [0.1, 0.15) is 11.8 Å². The summed E-state index contributed by atoms with van der Waals surface area (Å²) in [6, 6.07) is 13.0. The Hall–Kier alpha value is -2.97. The summed E-state index contributed by atoms with van der Waals surface area (Å²) < 4.78 is 36.6. The van der Waals surface area contributed by atoms with Crippen LogP contribution in [0.15, 0.2) is 89.7 Å². The van der Waals surface area contributed by atoms with Gasteiger partial charge in [-0.3, -0.25) is 10.1 Å². The zero-order chi connectivity index (χ0) is 27.5. The lowest BCUT2D eigenvalue weighted by atomic mass is 10.1. The maximum atomic E-state index is 14.1. The second-order valence-corrected chi connectivity index (χ2v) is 17.5. The molecule has 1 heterocycles. The number of hydrogen-bond donors (Lipinski definition) is 0. The minimum Gasteiger partial charge on any atom is -0.544 e. The van der Waals surface area contributed by atoms with Crippen molar-refractivity contribution in [2.75, 3.05) is 0 Å². The fraction of sp³-hybridized carbons (Fsp3) is 0.393. The number of non-ortho nitro benzene ring substituents is 1. The van der Waals surface area contributed by atoms with Gasteiger partial charge in [0, 0.05) is 12.1 Å². The van der Waals surface area contributed by atoms with Crippen molar-refractivity contribution in [1.82, 2.24) is 4.31 Å². The molecule has 1 aliphatic rings. The Morgan fingerprint density at radius 2 is 1.54 bits per heavy atom. The number of nitrogens with zero attached hydrogens (tertiary/aromatic N) is 2. The molecule has 7 nitrogen and oxygen atoms in total. The lowest BCUT2D eigenvalue weighted by molar-refractivity contribution is -0.384. The summed E-state index contributed by atoms with van der Waals surface area (Å²) in [6.45, 7) is 16.8. The summed E-state index contributed by atoms with van der Waals surface area (Å²) in [5.74, 6) is 0.582. The van der Waals surface area contributed by atoms with Crippen LogP contribution < -0.4 is 0 Å². The van der Waals surface area contributed by atoms with Crippen molar-refractivity contribution in [3.05, 3.63) is 100 Å². The summed E-state index contributed by atoms with van der Waals surface area (Å²) >= 11 is 0. The molecule has 1 aliphatic heterocycles. The molecular formula is C28H36N2O5SSi. The van der Waals surface area contributed by atoms with Crippen molar-refractivity contribution in [3.8, 4) is 0 Å². The number of benzene rings is 2. The first kappa shape index (κ1) is 28.6. The number of sulfonamides is 1. The highest BCUT2D eigenvalue weighted by atomic mass is 32.2. The van der Waals surface area contributed by atoms with Gasteiger partial charge in [-0.1, -0.05) is 78.5 Å². The smallest absolute Gasteiger partial charge is 0.269 e. The Balaban J connectivity index is 2.21. The molecule has 0 aromatic heterocycles. The van der Waals surface area contributed by atoms with Gasteiger partial charge in [-0.25, -0.2) is 8.42 Å². The molecule has 37 heavy (non-hydrogen) atoms. The van der Waals surface area contributed by atoms with Crippen LogP contribution in [0.5, 0.6) is 0 Å². The third-order valence-corrected chi connectivity index (χ3v) is 15.1. The molecule has 0 radical (unpaired) electrons. The summed E-state index contributed by atoms with van der Waals surface area (Å²) in [7, 11) is -6.52. The molecule has 0 saturated heterocycles. The average molecular weight is 541 g/mol. The molecule has 0 bridgehead atoms. The van der Waals surface area contributed by atoms with Crippen LogP contribution >= 0.6 is 0 Å². The van der Waals surface area contributed by atoms with E-state index in [2.05, 4.69) is 53.9 Å². The highest BCUT2D eigenvalue weighted by Gasteiger charge is 2.51. The van der Waals surface area contributed by atoms with Crippen LogP contribution in [0.25, 0.3) is 0 Å². The standard InChI is InChI=1S/C28H36N2O5SSi/c1-8-12-26-28(35-37(20(2)3,21(4)5)22(6)7)19-27(23-13-10-9-11-14-23)29(26)36(33,34)25-17-15-24(16-18-25)30(31)32/h9-22,26-27H,1H2,2-7H3/t26-,27-/m1/s1. The Morgan fingerprint density at radius 1 is 1.00 bits per heavy atom. The van der Waals surface area contributed by atoms with Gasteiger partial charge in [-0.15, -0.1) is 5.73 Å². The molecule has 2 atom stereocenters. The first-order chi connectivity index (χ1) is 17.4. The predicted molar refractivity (Wildman–Crippen MR) is 149 cm³/mol. The Labute approximate surface area is 221 Å². The van der Waals surface area contributed by atoms with Crippen molar-refractivity contribution in [2.45, 2.75) is 75.1 Å². The third-order valence-electron chi connectivity index (χ3n) is 7.20. The van der Waals surface area contributed by atoms with Gasteiger partial charge in [-0.05, 0) is 46.5 Å². The van der Waals surface area contributed by atoms with Crippen molar-refractivity contribution < 1.29 is 17.8 Å². The van der Waals surface area contributed by atoms with Gasteiger partial charge >= 0.3 is 0 Å². The lowest BCUT2D eigenvalue weighted by Crippen LogP contribution is -2.49. The summed E-state index contributed by atoms with van der Waals surface area (Å²) in [5, 5.41) is 11.1. The van der Waals surface area contributed by atoms with Crippen LogP contribution in [0.2, 0.25) is 16.6 Å². The minimum absolute atomic E-state index is 0.0313. The largest absolute Gasteiger partial charge is 0.544 e. The Kier molecular flexibility index (Phi) is 8.65. The zero-order valence-electron chi connectivity index (χ0n) is 22.3. The fourth-order valence-electron chi connectivity index (χ4n) is 5.60. The maximum absolute atomic E-state index is 14.1. The maximum Gasteiger partial charge on any atom is 0.269 e. The van der Waals surface area contributed by atoms with Crippen LogP contribution in [-0.2, 0) is 14.4 Å². The molecule has 0 spiro atoms. The first-order valence-electron chi connectivity index (χ1n) is 12.5. The molecule has 0 aliphatic carbocycles. The quantitative estimate of drug-likeness (QED) is 0.138. The van der Waals surface area contributed by atoms with Crippen molar-refractivity contribution in [2.24, 2.45) is 0 Å². The molecule has 0 fully saturated rings. The molecule has 0 N–H and O–H groups in total. The van der Waals surface area contributed by atoms with Gasteiger partial charge in [0.25, 0.3) is 14.0 Å². The Morgan fingerprint density at radius 3 is 2.00 bits per heavy atom. The molecule has 3 rings (SSSR count). The van der Waals surface area contributed by atoms with Crippen molar-refractivity contribution in [3.63, 3.8) is 0 Å². The van der Waals surface area contributed by atoms with E-state index in [0.29, 0.717) is 5.76 Å². The molecule has 2 aromatic carbocycles. The summed E-state index contributed by atoms with van der Waals surface area (Å²) in [6.07, 6.45) is 3.52. The monoisotopic (exact) mass is 540 g/mol. The second-order valence-electron chi connectivity index (χ2n) is 10.2. The van der Waals surface area contributed by atoms with Crippen LogP contribution in [0.3, 0.4) is 0 Å². The minimum atomic E-state index is -4.10. The lowest BCUT2D eigenvalue weighted by Gasteiger charge is -2.43. The van der Waals surface area contributed by atoms with E-state index in [1.54, 1.807) is 6.08 Å². The van der Waals surface area contributed by atoms with E-state index in [4.69, 9.17) is 4.43 Å². The van der Waals surface area contributed by atoms with Gasteiger partial charge in [-0.2, -0.15) is 4.31 Å². The number of nitro groups is 1. The first-order valence-corrected chi connectivity index (χ1v) is 16.1. The number of hydrogen-bond acceptors (Lipinski definition) is 5.